The van der Waals surface area contributed by atoms with Gasteiger partial charge in [0.15, 0.2) is 6.10 Å². The highest BCUT2D eigenvalue weighted by Gasteiger charge is 2.87. The van der Waals surface area contributed by atoms with E-state index in [0.717, 1.165) is 37.7 Å². The molecule has 4 saturated carbocycles. The summed E-state index contributed by atoms with van der Waals surface area (Å²) in [5.74, 6) is -1.48. The molecule has 0 unspecified atom stereocenters. The van der Waals surface area contributed by atoms with Gasteiger partial charge in [0.25, 0.3) is 0 Å². The first-order valence-corrected chi connectivity index (χ1v) is 16.1. The van der Waals surface area contributed by atoms with E-state index in [2.05, 4.69) is 13.8 Å². The van der Waals surface area contributed by atoms with Gasteiger partial charge >= 0.3 is 23.9 Å². The smallest absolute Gasteiger partial charge is 0.334 e. The minimum Gasteiger partial charge on any atom is -0.462 e. The number of carbonyl (C=O) groups is 4. The minimum absolute atomic E-state index is 0.00128. The van der Waals surface area contributed by atoms with Crippen molar-refractivity contribution in [2.75, 3.05) is 0 Å². The number of fused-ring (bicyclic) bond motifs is 3. The fraction of sp³-hybridized carbons (Fsp3) is 0.824. The predicted molar refractivity (Wildman–Crippen MR) is 152 cm³/mol. The lowest BCUT2D eigenvalue weighted by Gasteiger charge is -2.66. The average molecular weight is 599 g/mol. The largest absolute Gasteiger partial charge is 0.462 e. The Kier molecular flexibility index (Phi) is 5.89. The molecule has 236 valence electrons. The van der Waals surface area contributed by atoms with Crippen molar-refractivity contribution in [2.45, 2.75) is 136 Å². The maximum Gasteiger partial charge on any atom is 0.334 e. The maximum absolute atomic E-state index is 13.3. The van der Waals surface area contributed by atoms with Crippen LogP contribution in [0.2, 0.25) is 0 Å². The van der Waals surface area contributed by atoms with E-state index in [1.54, 1.807) is 0 Å². The molecule has 0 radical (unpaired) electrons. The van der Waals surface area contributed by atoms with Crippen LogP contribution in [0.25, 0.3) is 0 Å². The van der Waals surface area contributed by atoms with Gasteiger partial charge < -0.3 is 23.7 Å². The van der Waals surface area contributed by atoms with Crippen molar-refractivity contribution >= 4 is 23.9 Å². The van der Waals surface area contributed by atoms with Gasteiger partial charge in [-0.25, -0.2) is 4.79 Å². The number of cyclic esters (lactones) is 2. The zero-order chi connectivity index (χ0) is 31.1. The third-order valence-corrected chi connectivity index (χ3v) is 13.7. The van der Waals surface area contributed by atoms with Crippen LogP contribution in [0.1, 0.15) is 100 Å². The molecule has 11 atom stereocenters. The molecule has 43 heavy (non-hydrogen) atoms. The van der Waals surface area contributed by atoms with Crippen LogP contribution >= 0.6 is 0 Å². The van der Waals surface area contributed by atoms with E-state index in [0.29, 0.717) is 6.42 Å². The third-order valence-electron chi connectivity index (χ3n) is 13.7. The van der Waals surface area contributed by atoms with Crippen molar-refractivity contribution in [1.82, 2.24) is 0 Å². The van der Waals surface area contributed by atoms with Crippen LogP contribution in [0.4, 0.5) is 0 Å². The molecule has 0 aromatic rings. The van der Waals surface area contributed by atoms with Gasteiger partial charge in [0.1, 0.15) is 23.9 Å². The predicted octanol–water partition coefficient (Wildman–Crippen LogP) is 4.83. The number of hydrogen-bond donors (Lipinski definition) is 0. The van der Waals surface area contributed by atoms with Crippen LogP contribution in [-0.4, -0.2) is 59.5 Å². The second-order valence-corrected chi connectivity index (χ2v) is 16.1. The number of ether oxygens (including phenoxy) is 5. The van der Waals surface area contributed by atoms with Gasteiger partial charge in [0.2, 0.25) is 0 Å². The molecular formula is C34H46O9. The molecule has 2 saturated heterocycles. The molecule has 0 spiro atoms. The Morgan fingerprint density at radius 2 is 1.53 bits per heavy atom. The summed E-state index contributed by atoms with van der Waals surface area (Å²) in [6.07, 6.45) is 5.48. The fourth-order valence-electron chi connectivity index (χ4n) is 12.0. The highest BCUT2D eigenvalue weighted by atomic mass is 16.6. The second kappa shape index (κ2) is 8.64. The number of epoxide rings is 1. The molecule has 0 bridgehead atoms. The lowest BCUT2D eigenvalue weighted by atomic mass is 9.40. The number of esters is 4. The van der Waals surface area contributed by atoms with Crippen LogP contribution in [0.15, 0.2) is 11.6 Å². The van der Waals surface area contributed by atoms with Crippen molar-refractivity contribution in [3.63, 3.8) is 0 Å². The van der Waals surface area contributed by atoms with Crippen LogP contribution in [0, 0.1) is 39.4 Å². The Labute approximate surface area is 253 Å². The Balaban J connectivity index is 1.31. The van der Waals surface area contributed by atoms with E-state index in [1.807, 2.05) is 33.8 Å². The molecule has 0 aromatic carbocycles. The number of hydrogen-bond acceptors (Lipinski definition) is 9. The van der Waals surface area contributed by atoms with Gasteiger partial charge in [-0.2, -0.15) is 0 Å². The van der Waals surface area contributed by atoms with Gasteiger partial charge in [-0.1, -0.05) is 13.8 Å². The van der Waals surface area contributed by atoms with E-state index in [-0.39, 0.29) is 70.7 Å². The zero-order valence-electron chi connectivity index (χ0n) is 26.7. The molecule has 6 fully saturated rings. The quantitative estimate of drug-likeness (QED) is 0.255. The van der Waals surface area contributed by atoms with Gasteiger partial charge in [0.05, 0.1) is 12.0 Å². The highest BCUT2D eigenvalue weighted by Crippen LogP contribution is 2.90. The van der Waals surface area contributed by atoms with Gasteiger partial charge in [-0.3, -0.25) is 14.4 Å². The molecule has 7 rings (SSSR count). The highest BCUT2D eigenvalue weighted by molar-refractivity contribution is 5.92. The molecule has 9 heteroatoms. The maximum atomic E-state index is 13.3. The third kappa shape index (κ3) is 3.66. The number of carbonyl (C=O) groups excluding carboxylic acids is 4. The first-order chi connectivity index (χ1) is 19.9. The molecule has 0 amide bonds. The molecule has 0 N–H and O–H groups in total. The molecule has 4 aliphatic carbocycles. The lowest BCUT2D eigenvalue weighted by Crippen LogP contribution is -2.67. The van der Waals surface area contributed by atoms with E-state index in [1.165, 1.54) is 13.8 Å². The fourth-order valence-corrected chi connectivity index (χ4v) is 12.0. The van der Waals surface area contributed by atoms with E-state index in [9.17, 15) is 19.2 Å². The lowest BCUT2D eigenvalue weighted by molar-refractivity contribution is -0.251. The average Bonchev–Trinajstić information content (AvgIpc) is 3.64. The molecule has 9 nitrogen and oxygen atoms in total. The van der Waals surface area contributed by atoms with Crippen molar-refractivity contribution < 1.29 is 42.9 Å². The summed E-state index contributed by atoms with van der Waals surface area (Å²) in [5, 5.41) is 0. The molecule has 3 aliphatic heterocycles. The van der Waals surface area contributed by atoms with Crippen molar-refractivity contribution in [1.29, 1.82) is 0 Å². The second-order valence-electron chi connectivity index (χ2n) is 16.1. The standard InChI is InChI=1S/C34H46O9/c1-17(35)39-24-15-26(37)42-29(3,4)23-14-25(40-18(2)36)32(8)22(31(23,24)7)10-11-33-16-34(32,33)12-9-20(33)19-13-21(41-28(19)38)27-30(5,6)43-27/h13,20-25,27H,9-12,14-16H2,1-8H3/t20-,21-,22+,23-,24-,25-,27-,31+,32-,33+,34+/m0/s1. The first-order valence-electron chi connectivity index (χ1n) is 16.1. The summed E-state index contributed by atoms with van der Waals surface area (Å²) in [7, 11) is 0. The Hall–Kier alpha value is -2.42. The summed E-state index contributed by atoms with van der Waals surface area (Å²) < 4.78 is 30.0. The SMILES string of the molecule is CC(=O)O[C@H]1CC(=O)OC(C)(C)[C@@H]2C[C@H](OC(C)=O)[C@]3(C)[C@H](CC[C@]45C[C@@]43CC[C@H]5C3=C[C@@H]([C@@H]4OC4(C)C)OC3=O)[C@@]12C. The van der Waals surface area contributed by atoms with Crippen molar-refractivity contribution in [2.24, 2.45) is 39.4 Å². The summed E-state index contributed by atoms with van der Waals surface area (Å²) in [4.78, 5) is 51.6. The molecule has 7 aliphatic rings. The summed E-state index contributed by atoms with van der Waals surface area (Å²) in [5.41, 5.74) is -1.65. The first kappa shape index (κ1) is 29.3. The van der Waals surface area contributed by atoms with Crippen LogP contribution < -0.4 is 0 Å². The van der Waals surface area contributed by atoms with Crippen LogP contribution in [0.3, 0.4) is 0 Å². The van der Waals surface area contributed by atoms with Crippen molar-refractivity contribution in [3.05, 3.63) is 11.6 Å². The Morgan fingerprint density at radius 3 is 2.16 bits per heavy atom. The molecule has 3 heterocycles. The van der Waals surface area contributed by atoms with Gasteiger partial charge in [-0.05, 0) is 95.0 Å². The van der Waals surface area contributed by atoms with Crippen LogP contribution in [0.5, 0.6) is 0 Å². The minimum atomic E-state index is -0.847. The topological polar surface area (TPSA) is 118 Å². The summed E-state index contributed by atoms with van der Waals surface area (Å²) in [6, 6.07) is 0. The Bertz CT molecular complexity index is 1350. The zero-order valence-corrected chi connectivity index (χ0v) is 26.7. The summed E-state index contributed by atoms with van der Waals surface area (Å²) in [6.45, 7) is 15.2. The molecular weight excluding hydrogens is 552 g/mol. The van der Waals surface area contributed by atoms with Gasteiger partial charge in [0, 0.05) is 36.2 Å². The van der Waals surface area contributed by atoms with Gasteiger partial charge in [-0.15, -0.1) is 0 Å². The molecule has 0 aromatic heterocycles. The van der Waals surface area contributed by atoms with Crippen LogP contribution in [-0.2, 0) is 42.9 Å². The van der Waals surface area contributed by atoms with Crippen molar-refractivity contribution in [3.8, 4) is 0 Å². The van der Waals surface area contributed by atoms with E-state index < -0.39 is 34.6 Å². The Morgan fingerprint density at radius 1 is 0.884 bits per heavy atom. The summed E-state index contributed by atoms with van der Waals surface area (Å²) >= 11 is 0. The monoisotopic (exact) mass is 598 g/mol. The van der Waals surface area contributed by atoms with E-state index >= 15 is 0 Å². The number of rotatable bonds is 4. The van der Waals surface area contributed by atoms with E-state index in [4.69, 9.17) is 23.7 Å². The normalized spacial score (nSPS) is 50.0.